The number of H-pyrrole nitrogens is 1. The van der Waals surface area contributed by atoms with E-state index in [1.807, 2.05) is 0 Å². The molecule has 1 aliphatic rings. The van der Waals surface area contributed by atoms with Crippen LogP contribution in [-0.2, 0) is 4.79 Å². The molecule has 0 aliphatic heterocycles. The van der Waals surface area contributed by atoms with Crippen LogP contribution in [-0.4, -0.2) is 29.4 Å². The highest BCUT2D eigenvalue weighted by molar-refractivity contribution is 9.10. The maximum absolute atomic E-state index is 11.6. The summed E-state index contributed by atoms with van der Waals surface area (Å²) in [4.78, 5) is 25.7. The Morgan fingerprint density at radius 2 is 2.24 bits per heavy atom. The molecule has 1 aromatic heterocycles. The van der Waals surface area contributed by atoms with Crippen molar-refractivity contribution in [2.75, 3.05) is 6.54 Å². The molecule has 0 radical (unpaired) electrons. The van der Waals surface area contributed by atoms with Gasteiger partial charge in [0.1, 0.15) is 5.69 Å². The number of aromatic amines is 1. The highest BCUT2D eigenvalue weighted by atomic mass is 79.9. The van der Waals surface area contributed by atoms with Gasteiger partial charge in [-0.3, -0.25) is 9.59 Å². The number of nitrogens with one attached hydrogen (secondary N) is 3. The van der Waals surface area contributed by atoms with E-state index in [9.17, 15) is 9.59 Å². The van der Waals surface area contributed by atoms with E-state index in [4.69, 9.17) is 0 Å². The Morgan fingerprint density at radius 3 is 2.82 bits per heavy atom. The minimum absolute atomic E-state index is 0.000432. The zero-order valence-corrected chi connectivity index (χ0v) is 10.8. The molecule has 0 saturated heterocycles. The van der Waals surface area contributed by atoms with Crippen molar-refractivity contribution in [2.45, 2.75) is 25.3 Å². The largest absolute Gasteiger partial charge is 0.356 e. The van der Waals surface area contributed by atoms with E-state index in [-0.39, 0.29) is 11.8 Å². The van der Waals surface area contributed by atoms with Crippen molar-refractivity contribution < 1.29 is 9.59 Å². The predicted molar refractivity (Wildman–Crippen MR) is 66.6 cm³/mol. The van der Waals surface area contributed by atoms with Gasteiger partial charge in [0, 0.05) is 29.7 Å². The molecule has 1 heterocycles. The number of halogens is 1. The zero-order valence-electron chi connectivity index (χ0n) is 9.25. The van der Waals surface area contributed by atoms with Gasteiger partial charge >= 0.3 is 0 Å². The first-order chi connectivity index (χ1) is 8.15. The standard InChI is InChI=1S/C11H14BrN3O2/c12-7-5-9(14-6-7)11(17)13-4-3-10(16)15-8-1-2-8/h5-6,8,14H,1-4H2,(H,13,17)(H,15,16). The summed E-state index contributed by atoms with van der Waals surface area (Å²) in [5, 5.41) is 5.55. The lowest BCUT2D eigenvalue weighted by molar-refractivity contribution is -0.121. The van der Waals surface area contributed by atoms with Crippen molar-refractivity contribution in [1.29, 1.82) is 0 Å². The normalized spacial score (nSPS) is 14.4. The lowest BCUT2D eigenvalue weighted by Crippen LogP contribution is -2.31. The van der Waals surface area contributed by atoms with Gasteiger partial charge in [-0.1, -0.05) is 0 Å². The minimum Gasteiger partial charge on any atom is -0.356 e. The predicted octanol–water partition coefficient (Wildman–Crippen LogP) is 1.18. The van der Waals surface area contributed by atoms with Gasteiger partial charge in [-0.15, -0.1) is 0 Å². The fourth-order valence-electron chi connectivity index (χ4n) is 1.41. The molecule has 92 valence electrons. The van der Waals surface area contributed by atoms with Crippen LogP contribution >= 0.6 is 15.9 Å². The van der Waals surface area contributed by atoms with Crippen molar-refractivity contribution in [2.24, 2.45) is 0 Å². The monoisotopic (exact) mass is 299 g/mol. The van der Waals surface area contributed by atoms with Crippen LogP contribution in [0.1, 0.15) is 29.8 Å². The smallest absolute Gasteiger partial charge is 0.267 e. The highest BCUT2D eigenvalue weighted by Crippen LogP contribution is 2.18. The maximum Gasteiger partial charge on any atom is 0.267 e. The van der Waals surface area contributed by atoms with Crippen LogP contribution < -0.4 is 10.6 Å². The Bertz CT molecular complexity index is 426. The van der Waals surface area contributed by atoms with Gasteiger partial charge in [-0.25, -0.2) is 0 Å². The van der Waals surface area contributed by atoms with Crippen molar-refractivity contribution in [3.63, 3.8) is 0 Å². The van der Waals surface area contributed by atoms with Gasteiger partial charge < -0.3 is 15.6 Å². The molecule has 1 aliphatic carbocycles. The third-order valence-electron chi connectivity index (χ3n) is 2.47. The first-order valence-corrected chi connectivity index (χ1v) is 6.36. The number of rotatable bonds is 5. The van der Waals surface area contributed by atoms with Crippen molar-refractivity contribution >= 4 is 27.7 Å². The van der Waals surface area contributed by atoms with Crippen LogP contribution in [0, 0.1) is 0 Å². The number of amides is 2. The third-order valence-corrected chi connectivity index (χ3v) is 2.93. The topological polar surface area (TPSA) is 74.0 Å². The van der Waals surface area contributed by atoms with Crippen molar-refractivity contribution in [3.8, 4) is 0 Å². The molecule has 1 aromatic rings. The number of hydrogen-bond acceptors (Lipinski definition) is 2. The summed E-state index contributed by atoms with van der Waals surface area (Å²) < 4.78 is 0.828. The van der Waals surface area contributed by atoms with Gasteiger partial charge in [0.2, 0.25) is 5.91 Å². The molecule has 0 unspecified atom stereocenters. The van der Waals surface area contributed by atoms with E-state index < -0.39 is 0 Å². The quantitative estimate of drug-likeness (QED) is 0.764. The summed E-state index contributed by atoms with van der Waals surface area (Å²) in [6, 6.07) is 2.07. The molecule has 0 bridgehead atoms. The van der Waals surface area contributed by atoms with Crippen LogP contribution in [0.5, 0.6) is 0 Å². The molecule has 0 aromatic carbocycles. The first kappa shape index (κ1) is 12.2. The van der Waals surface area contributed by atoms with Crippen LogP contribution in [0.4, 0.5) is 0 Å². The average molecular weight is 300 g/mol. The van der Waals surface area contributed by atoms with Gasteiger partial charge in [0.05, 0.1) is 0 Å². The molecule has 17 heavy (non-hydrogen) atoms. The summed E-state index contributed by atoms with van der Waals surface area (Å²) in [7, 11) is 0. The second-order valence-corrected chi connectivity index (χ2v) is 4.99. The Morgan fingerprint density at radius 1 is 1.47 bits per heavy atom. The lowest BCUT2D eigenvalue weighted by Gasteiger charge is -2.04. The number of aromatic nitrogens is 1. The zero-order chi connectivity index (χ0) is 12.3. The summed E-state index contributed by atoms with van der Waals surface area (Å²) in [5.41, 5.74) is 0.486. The average Bonchev–Trinajstić information content (AvgIpc) is 2.97. The van der Waals surface area contributed by atoms with Crippen LogP contribution in [0.3, 0.4) is 0 Å². The maximum atomic E-state index is 11.6. The van der Waals surface area contributed by atoms with E-state index in [0.717, 1.165) is 17.3 Å². The second-order valence-electron chi connectivity index (χ2n) is 4.08. The van der Waals surface area contributed by atoms with E-state index in [0.29, 0.717) is 24.7 Å². The van der Waals surface area contributed by atoms with Gasteiger partial charge in [-0.2, -0.15) is 0 Å². The van der Waals surface area contributed by atoms with Gasteiger partial charge in [0.25, 0.3) is 5.91 Å². The fourth-order valence-corrected chi connectivity index (χ4v) is 1.75. The van der Waals surface area contributed by atoms with Gasteiger partial charge in [-0.05, 0) is 34.8 Å². The Kier molecular flexibility index (Phi) is 3.83. The summed E-state index contributed by atoms with van der Waals surface area (Å²) in [6.07, 6.45) is 4.17. The fraction of sp³-hybridized carbons (Fsp3) is 0.455. The molecular formula is C11H14BrN3O2. The first-order valence-electron chi connectivity index (χ1n) is 5.56. The molecule has 2 amide bonds. The molecule has 1 fully saturated rings. The Balaban J connectivity index is 1.67. The van der Waals surface area contributed by atoms with Gasteiger partial charge in [0.15, 0.2) is 0 Å². The molecular weight excluding hydrogens is 286 g/mol. The van der Waals surface area contributed by atoms with Crippen LogP contribution in [0.2, 0.25) is 0 Å². The van der Waals surface area contributed by atoms with E-state index in [2.05, 4.69) is 31.5 Å². The molecule has 2 rings (SSSR count). The van der Waals surface area contributed by atoms with E-state index in [1.165, 1.54) is 0 Å². The number of hydrogen-bond donors (Lipinski definition) is 3. The van der Waals surface area contributed by atoms with Crippen LogP contribution in [0.15, 0.2) is 16.7 Å². The Labute approximate surface area is 107 Å². The van der Waals surface area contributed by atoms with Crippen molar-refractivity contribution in [1.82, 2.24) is 15.6 Å². The molecule has 5 nitrogen and oxygen atoms in total. The highest BCUT2D eigenvalue weighted by Gasteiger charge is 2.22. The molecule has 1 saturated carbocycles. The Hall–Kier alpha value is -1.30. The van der Waals surface area contributed by atoms with E-state index in [1.54, 1.807) is 12.3 Å². The number of carbonyl (C=O) groups excluding carboxylic acids is 2. The van der Waals surface area contributed by atoms with Crippen LogP contribution in [0.25, 0.3) is 0 Å². The SMILES string of the molecule is O=C(CCNC(=O)c1cc(Br)c[nH]1)NC1CC1. The second kappa shape index (κ2) is 5.35. The summed E-state index contributed by atoms with van der Waals surface area (Å²) in [6.45, 7) is 0.355. The van der Waals surface area contributed by atoms with Crippen molar-refractivity contribution in [3.05, 3.63) is 22.4 Å². The molecule has 3 N–H and O–H groups in total. The summed E-state index contributed by atoms with van der Waals surface area (Å²) >= 11 is 3.25. The lowest BCUT2D eigenvalue weighted by atomic mass is 10.3. The third kappa shape index (κ3) is 3.89. The number of carbonyl (C=O) groups is 2. The molecule has 0 spiro atoms. The minimum atomic E-state index is -0.199. The summed E-state index contributed by atoms with van der Waals surface area (Å²) in [5.74, 6) is -0.199. The molecule has 6 heteroatoms. The molecule has 0 atom stereocenters. The van der Waals surface area contributed by atoms with E-state index >= 15 is 0 Å².